The molecule has 0 saturated carbocycles. The van der Waals surface area contributed by atoms with E-state index in [0.29, 0.717) is 6.07 Å². The molecule has 0 unspecified atom stereocenters. The van der Waals surface area contributed by atoms with Gasteiger partial charge in [0, 0.05) is 0 Å². The molecule has 0 heterocycles. The number of hydrogen-bond acceptors (Lipinski definition) is 3. The fraction of sp³-hybridized carbons (Fsp3) is 0.125. The van der Waals surface area contributed by atoms with Crippen molar-refractivity contribution in [2.75, 3.05) is 11.9 Å². The summed E-state index contributed by atoms with van der Waals surface area (Å²) in [5.41, 5.74) is -1.15. The van der Waals surface area contributed by atoms with E-state index in [1.807, 2.05) is 0 Å². The van der Waals surface area contributed by atoms with Crippen LogP contribution < -0.4 is 5.32 Å². The Morgan fingerprint density at radius 3 is 2.36 bits per heavy atom. The molecule has 0 aliphatic heterocycles. The average Bonchev–Trinajstić information content (AvgIpc) is 2.54. The number of hydrogen-bond donors (Lipinski definition) is 1. The smallest absolute Gasteiger partial charge is 0.416 e. The monoisotopic (exact) mass is 391 g/mol. The Hall–Kier alpha value is -2.25. The molecule has 9 heteroatoms. The van der Waals surface area contributed by atoms with Gasteiger partial charge in [0.1, 0.15) is 0 Å². The third kappa shape index (κ3) is 5.11. The maximum Gasteiger partial charge on any atom is 0.416 e. The van der Waals surface area contributed by atoms with Gasteiger partial charge in [-0.2, -0.15) is 13.2 Å². The summed E-state index contributed by atoms with van der Waals surface area (Å²) in [5, 5.41) is 2.23. The molecule has 0 bridgehead atoms. The first-order chi connectivity index (χ1) is 11.7. The van der Waals surface area contributed by atoms with Gasteiger partial charge in [-0.15, -0.1) is 0 Å². The molecule has 0 spiro atoms. The molecule has 2 aromatic rings. The number of anilines is 1. The third-order valence-electron chi connectivity index (χ3n) is 3.00. The molecule has 0 aliphatic carbocycles. The van der Waals surface area contributed by atoms with E-state index < -0.39 is 30.2 Å². The average molecular weight is 392 g/mol. The largest absolute Gasteiger partial charge is 0.452 e. The van der Waals surface area contributed by atoms with Gasteiger partial charge in [-0.3, -0.25) is 4.79 Å². The lowest BCUT2D eigenvalue weighted by atomic mass is 10.2. The third-order valence-corrected chi connectivity index (χ3v) is 3.66. The number of nitrogens with one attached hydrogen (secondary N) is 1. The Kier molecular flexibility index (Phi) is 5.92. The number of amides is 1. The Balaban J connectivity index is 2.01. The van der Waals surface area contributed by atoms with E-state index in [4.69, 9.17) is 27.9 Å². The van der Waals surface area contributed by atoms with Gasteiger partial charge in [-0.25, -0.2) is 4.79 Å². The Morgan fingerprint density at radius 2 is 1.72 bits per heavy atom. The van der Waals surface area contributed by atoms with Crippen LogP contribution >= 0.6 is 23.2 Å². The Bertz CT molecular complexity index is 809. The number of carbonyl (C=O) groups is 2. The normalized spacial score (nSPS) is 11.1. The quantitative estimate of drug-likeness (QED) is 0.761. The van der Waals surface area contributed by atoms with E-state index >= 15 is 0 Å². The van der Waals surface area contributed by atoms with Gasteiger partial charge in [0.15, 0.2) is 6.61 Å². The first-order valence-corrected chi connectivity index (χ1v) is 7.52. The molecular weight excluding hydrogens is 382 g/mol. The van der Waals surface area contributed by atoms with Crippen molar-refractivity contribution in [3.63, 3.8) is 0 Å². The highest BCUT2D eigenvalue weighted by Crippen LogP contribution is 2.33. The number of esters is 1. The molecule has 0 saturated heterocycles. The number of benzene rings is 2. The standard InChI is InChI=1S/C16H10Cl2F3NO3/c17-11-4-2-1-3-10(11)15(24)25-8-14(23)22-13-7-9(16(19,20)21)5-6-12(13)18/h1-7H,8H2,(H,22,23). The lowest BCUT2D eigenvalue weighted by molar-refractivity contribution is -0.137. The van der Waals surface area contributed by atoms with Gasteiger partial charge in [-0.1, -0.05) is 35.3 Å². The molecule has 2 aromatic carbocycles. The molecule has 1 amide bonds. The zero-order valence-corrected chi connectivity index (χ0v) is 13.9. The van der Waals surface area contributed by atoms with Crippen molar-refractivity contribution in [3.8, 4) is 0 Å². The topological polar surface area (TPSA) is 55.4 Å². The predicted octanol–water partition coefficient (Wildman–Crippen LogP) is 4.81. The molecule has 132 valence electrons. The summed E-state index contributed by atoms with van der Waals surface area (Å²) in [7, 11) is 0. The molecule has 0 atom stereocenters. The van der Waals surface area contributed by atoms with E-state index in [1.165, 1.54) is 12.1 Å². The summed E-state index contributed by atoms with van der Waals surface area (Å²) < 4.78 is 42.8. The van der Waals surface area contributed by atoms with Gasteiger partial charge in [-0.05, 0) is 30.3 Å². The first-order valence-electron chi connectivity index (χ1n) is 6.76. The second kappa shape index (κ2) is 7.76. The maximum atomic E-state index is 12.7. The SMILES string of the molecule is O=C(COC(=O)c1ccccc1Cl)Nc1cc(C(F)(F)F)ccc1Cl. The van der Waals surface area contributed by atoms with Crippen LogP contribution in [0.5, 0.6) is 0 Å². The Labute approximate surface area is 150 Å². The van der Waals surface area contributed by atoms with Crippen molar-refractivity contribution in [2.45, 2.75) is 6.18 Å². The highest BCUT2D eigenvalue weighted by atomic mass is 35.5. The molecule has 0 aliphatic rings. The van der Waals surface area contributed by atoms with Crippen molar-refractivity contribution in [3.05, 3.63) is 63.6 Å². The number of halogens is 5. The molecule has 0 fully saturated rings. The first kappa shape index (κ1) is 19.1. The summed E-state index contributed by atoms with van der Waals surface area (Å²) in [4.78, 5) is 23.6. The van der Waals surface area contributed by atoms with E-state index in [1.54, 1.807) is 12.1 Å². The fourth-order valence-electron chi connectivity index (χ4n) is 1.82. The van der Waals surface area contributed by atoms with Crippen LogP contribution in [0.25, 0.3) is 0 Å². The minimum atomic E-state index is -4.58. The molecule has 4 nitrogen and oxygen atoms in total. The molecular formula is C16H10Cl2F3NO3. The molecule has 0 aromatic heterocycles. The van der Waals surface area contributed by atoms with Crippen LogP contribution in [0, 0.1) is 0 Å². The number of ether oxygens (including phenoxy) is 1. The van der Waals surface area contributed by atoms with E-state index in [-0.39, 0.29) is 21.3 Å². The molecule has 2 rings (SSSR count). The minimum absolute atomic E-state index is 0.0640. The minimum Gasteiger partial charge on any atom is -0.452 e. The van der Waals surface area contributed by atoms with Gasteiger partial charge in [0.2, 0.25) is 0 Å². The van der Waals surface area contributed by atoms with E-state index in [2.05, 4.69) is 5.32 Å². The summed E-state index contributed by atoms with van der Waals surface area (Å²) in [6, 6.07) is 8.54. The molecule has 25 heavy (non-hydrogen) atoms. The zero-order chi connectivity index (χ0) is 18.6. The van der Waals surface area contributed by atoms with Crippen LogP contribution in [0.4, 0.5) is 18.9 Å². The Morgan fingerprint density at radius 1 is 1.04 bits per heavy atom. The van der Waals surface area contributed by atoms with Crippen LogP contribution in [-0.2, 0) is 15.7 Å². The summed E-state index contributed by atoms with van der Waals surface area (Å²) in [6.07, 6.45) is -4.58. The van der Waals surface area contributed by atoms with Gasteiger partial charge in [0.05, 0.1) is 26.9 Å². The molecule has 0 radical (unpaired) electrons. The van der Waals surface area contributed by atoms with E-state index in [0.717, 1.165) is 12.1 Å². The van der Waals surface area contributed by atoms with Gasteiger partial charge >= 0.3 is 12.1 Å². The number of rotatable bonds is 4. The lowest BCUT2D eigenvalue weighted by Crippen LogP contribution is -2.21. The van der Waals surface area contributed by atoms with Crippen LogP contribution in [0.15, 0.2) is 42.5 Å². The highest BCUT2D eigenvalue weighted by Gasteiger charge is 2.31. The lowest BCUT2D eigenvalue weighted by Gasteiger charge is -2.12. The van der Waals surface area contributed by atoms with Gasteiger partial charge in [0.25, 0.3) is 5.91 Å². The van der Waals surface area contributed by atoms with Crippen molar-refractivity contribution in [2.24, 2.45) is 0 Å². The van der Waals surface area contributed by atoms with Crippen molar-refractivity contribution < 1.29 is 27.5 Å². The maximum absolute atomic E-state index is 12.7. The van der Waals surface area contributed by atoms with Gasteiger partial charge < -0.3 is 10.1 Å². The second-order valence-electron chi connectivity index (χ2n) is 4.80. The summed E-state index contributed by atoms with van der Waals surface area (Å²) in [6.45, 7) is -0.712. The van der Waals surface area contributed by atoms with Crippen molar-refractivity contribution in [1.82, 2.24) is 0 Å². The van der Waals surface area contributed by atoms with Crippen LogP contribution in [0.2, 0.25) is 10.0 Å². The number of alkyl halides is 3. The zero-order valence-electron chi connectivity index (χ0n) is 12.4. The summed E-state index contributed by atoms with van der Waals surface area (Å²) in [5.74, 6) is -1.68. The van der Waals surface area contributed by atoms with Crippen molar-refractivity contribution in [1.29, 1.82) is 0 Å². The predicted molar refractivity (Wildman–Crippen MR) is 86.8 cm³/mol. The number of carbonyl (C=O) groups excluding carboxylic acids is 2. The van der Waals surface area contributed by atoms with Crippen LogP contribution in [0.3, 0.4) is 0 Å². The fourth-order valence-corrected chi connectivity index (χ4v) is 2.20. The molecule has 1 N–H and O–H groups in total. The second-order valence-corrected chi connectivity index (χ2v) is 5.61. The van der Waals surface area contributed by atoms with E-state index in [9.17, 15) is 22.8 Å². The van der Waals surface area contributed by atoms with Crippen LogP contribution in [0.1, 0.15) is 15.9 Å². The van der Waals surface area contributed by atoms with Crippen molar-refractivity contribution >= 4 is 40.8 Å². The van der Waals surface area contributed by atoms with Crippen LogP contribution in [-0.4, -0.2) is 18.5 Å². The summed E-state index contributed by atoms with van der Waals surface area (Å²) >= 11 is 11.6. The highest BCUT2D eigenvalue weighted by molar-refractivity contribution is 6.34.